The van der Waals surface area contributed by atoms with E-state index in [0.717, 1.165) is 26.3 Å². The van der Waals surface area contributed by atoms with E-state index >= 15 is 0 Å². The summed E-state index contributed by atoms with van der Waals surface area (Å²) in [7, 11) is 0. The highest BCUT2D eigenvalue weighted by Crippen LogP contribution is 2.29. The Hall–Kier alpha value is -0.280. The first-order valence-corrected chi connectivity index (χ1v) is 5.66. The molecule has 0 N–H and O–H groups in total. The van der Waals surface area contributed by atoms with Gasteiger partial charge in [0, 0.05) is 24.9 Å². The highest BCUT2D eigenvalue weighted by Gasteiger charge is 2.39. The molecule has 0 aromatic heterocycles. The SMILES string of the molecule is CC[C@@H](Cl)C(=O)N1C[C@H]2COC[C@H]2C1. The fourth-order valence-corrected chi connectivity index (χ4v) is 2.38. The van der Waals surface area contributed by atoms with Crippen molar-refractivity contribution < 1.29 is 9.53 Å². The number of likely N-dealkylation sites (tertiary alicyclic amines) is 1. The lowest BCUT2D eigenvalue weighted by Gasteiger charge is -2.19. The van der Waals surface area contributed by atoms with Crippen LogP contribution in [-0.4, -0.2) is 42.5 Å². The number of nitrogens with zero attached hydrogens (tertiary/aromatic N) is 1. The molecule has 2 aliphatic heterocycles. The summed E-state index contributed by atoms with van der Waals surface area (Å²) in [6.45, 7) is 5.25. The van der Waals surface area contributed by atoms with Gasteiger partial charge < -0.3 is 9.64 Å². The number of carbonyl (C=O) groups is 1. The molecule has 14 heavy (non-hydrogen) atoms. The van der Waals surface area contributed by atoms with Gasteiger partial charge in [-0.15, -0.1) is 11.6 Å². The Morgan fingerprint density at radius 1 is 1.50 bits per heavy atom. The zero-order valence-corrected chi connectivity index (χ0v) is 9.17. The first-order valence-electron chi connectivity index (χ1n) is 5.23. The van der Waals surface area contributed by atoms with E-state index in [1.54, 1.807) is 0 Å². The van der Waals surface area contributed by atoms with Gasteiger partial charge in [-0.25, -0.2) is 0 Å². The van der Waals surface area contributed by atoms with Crippen LogP contribution in [0.2, 0.25) is 0 Å². The zero-order valence-electron chi connectivity index (χ0n) is 8.41. The lowest BCUT2D eigenvalue weighted by atomic mass is 10.0. The van der Waals surface area contributed by atoms with Gasteiger partial charge in [-0.1, -0.05) is 6.92 Å². The van der Waals surface area contributed by atoms with E-state index in [1.807, 2.05) is 11.8 Å². The maximum Gasteiger partial charge on any atom is 0.240 e. The molecule has 1 amide bonds. The van der Waals surface area contributed by atoms with E-state index in [-0.39, 0.29) is 11.3 Å². The van der Waals surface area contributed by atoms with E-state index in [0.29, 0.717) is 18.3 Å². The van der Waals surface area contributed by atoms with Crippen LogP contribution >= 0.6 is 11.6 Å². The minimum atomic E-state index is -0.338. The molecule has 0 bridgehead atoms. The number of fused-ring (bicyclic) bond motifs is 1. The second kappa shape index (κ2) is 4.07. The number of hydrogen-bond acceptors (Lipinski definition) is 2. The summed E-state index contributed by atoms with van der Waals surface area (Å²) < 4.78 is 5.36. The Balaban J connectivity index is 1.92. The summed E-state index contributed by atoms with van der Waals surface area (Å²) in [6, 6.07) is 0. The third-order valence-electron chi connectivity index (χ3n) is 3.18. The highest BCUT2D eigenvalue weighted by atomic mass is 35.5. The van der Waals surface area contributed by atoms with Gasteiger partial charge in [0.1, 0.15) is 5.38 Å². The summed E-state index contributed by atoms with van der Waals surface area (Å²) >= 11 is 5.93. The average molecular weight is 218 g/mol. The maximum atomic E-state index is 11.8. The third kappa shape index (κ3) is 1.75. The Labute approximate surface area is 89.4 Å². The molecule has 3 nitrogen and oxygen atoms in total. The van der Waals surface area contributed by atoms with E-state index in [1.165, 1.54) is 0 Å². The van der Waals surface area contributed by atoms with Crippen LogP contribution in [0.5, 0.6) is 0 Å². The van der Waals surface area contributed by atoms with E-state index in [2.05, 4.69) is 0 Å². The molecule has 0 aromatic carbocycles. The van der Waals surface area contributed by atoms with Gasteiger partial charge in [-0.3, -0.25) is 4.79 Å². The van der Waals surface area contributed by atoms with E-state index in [4.69, 9.17) is 16.3 Å². The number of rotatable bonds is 2. The Morgan fingerprint density at radius 3 is 2.57 bits per heavy atom. The number of hydrogen-bond donors (Lipinski definition) is 0. The van der Waals surface area contributed by atoms with Crippen molar-refractivity contribution in [3.8, 4) is 0 Å². The molecule has 0 spiro atoms. The summed E-state index contributed by atoms with van der Waals surface area (Å²) in [4.78, 5) is 13.7. The van der Waals surface area contributed by atoms with Crippen molar-refractivity contribution >= 4 is 17.5 Å². The lowest BCUT2D eigenvalue weighted by molar-refractivity contribution is -0.130. The van der Waals surface area contributed by atoms with Crippen molar-refractivity contribution in [3.05, 3.63) is 0 Å². The topological polar surface area (TPSA) is 29.5 Å². The smallest absolute Gasteiger partial charge is 0.240 e. The molecule has 0 saturated carbocycles. The predicted octanol–water partition coefficient (Wildman–Crippen LogP) is 1.11. The van der Waals surface area contributed by atoms with E-state index < -0.39 is 0 Å². The van der Waals surface area contributed by atoms with Gasteiger partial charge in [0.05, 0.1) is 13.2 Å². The minimum Gasteiger partial charge on any atom is -0.381 e. The standard InChI is InChI=1S/C10H16ClNO2/c1-2-9(11)10(13)12-3-7-5-14-6-8(7)4-12/h7-9H,2-6H2,1H3/t7-,8+,9-/m1/s1. The van der Waals surface area contributed by atoms with Crippen LogP contribution < -0.4 is 0 Å². The van der Waals surface area contributed by atoms with Crippen LogP contribution in [0.1, 0.15) is 13.3 Å². The van der Waals surface area contributed by atoms with Crippen LogP contribution in [0.25, 0.3) is 0 Å². The van der Waals surface area contributed by atoms with Gasteiger partial charge in [0.25, 0.3) is 0 Å². The largest absolute Gasteiger partial charge is 0.381 e. The molecule has 2 fully saturated rings. The van der Waals surface area contributed by atoms with Crippen LogP contribution in [-0.2, 0) is 9.53 Å². The molecular weight excluding hydrogens is 202 g/mol. The molecule has 0 radical (unpaired) electrons. The van der Waals surface area contributed by atoms with Crippen molar-refractivity contribution in [1.82, 2.24) is 4.90 Å². The molecule has 2 rings (SSSR count). The predicted molar refractivity (Wildman–Crippen MR) is 54.3 cm³/mol. The first kappa shape index (κ1) is 10.2. The van der Waals surface area contributed by atoms with Gasteiger partial charge in [-0.2, -0.15) is 0 Å². The van der Waals surface area contributed by atoms with Gasteiger partial charge in [0.15, 0.2) is 0 Å². The molecule has 4 heteroatoms. The van der Waals surface area contributed by atoms with Crippen LogP contribution in [0.15, 0.2) is 0 Å². The second-order valence-corrected chi connectivity index (χ2v) is 4.70. The molecule has 2 saturated heterocycles. The lowest BCUT2D eigenvalue weighted by Crippen LogP contribution is -2.35. The van der Waals surface area contributed by atoms with Crippen molar-refractivity contribution in [1.29, 1.82) is 0 Å². The summed E-state index contributed by atoms with van der Waals surface area (Å²) in [5.41, 5.74) is 0. The van der Waals surface area contributed by atoms with E-state index in [9.17, 15) is 4.79 Å². The summed E-state index contributed by atoms with van der Waals surface area (Å²) in [5.74, 6) is 1.21. The van der Waals surface area contributed by atoms with Gasteiger partial charge in [-0.05, 0) is 6.42 Å². The van der Waals surface area contributed by atoms with Crippen LogP contribution in [0.3, 0.4) is 0 Å². The second-order valence-electron chi connectivity index (χ2n) is 4.18. The molecular formula is C10H16ClNO2. The Morgan fingerprint density at radius 2 is 2.07 bits per heavy atom. The zero-order chi connectivity index (χ0) is 10.1. The molecule has 3 atom stereocenters. The molecule has 0 unspecified atom stereocenters. The van der Waals surface area contributed by atoms with Crippen LogP contribution in [0.4, 0.5) is 0 Å². The fourth-order valence-electron chi connectivity index (χ4n) is 2.24. The summed E-state index contributed by atoms with van der Waals surface area (Å²) in [5, 5.41) is -0.338. The quantitative estimate of drug-likeness (QED) is 0.649. The van der Waals surface area contributed by atoms with Crippen molar-refractivity contribution in [2.24, 2.45) is 11.8 Å². The first-order chi connectivity index (χ1) is 6.72. The number of alkyl halides is 1. The van der Waals surface area contributed by atoms with Gasteiger partial charge >= 0.3 is 0 Å². The Kier molecular flexibility index (Phi) is 2.98. The monoisotopic (exact) mass is 217 g/mol. The maximum absolute atomic E-state index is 11.8. The number of amides is 1. The number of carbonyl (C=O) groups excluding carboxylic acids is 1. The minimum absolute atomic E-state index is 0.101. The van der Waals surface area contributed by atoms with Crippen molar-refractivity contribution in [2.45, 2.75) is 18.7 Å². The Bertz CT molecular complexity index is 222. The van der Waals surface area contributed by atoms with Crippen LogP contribution in [0, 0.1) is 11.8 Å². The fraction of sp³-hybridized carbons (Fsp3) is 0.900. The molecule has 80 valence electrons. The summed E-state index contributed by atoms with van der Waals surface area (Å²) in [6.07, 6.45) is 0.711. The highest BCUT2D eigenvalue weighted by molar-refractivity contribution is 6.30. The van der Waals surface area contributed by atoms with Crippen molar-refractivity contribution in [2.75, 3.05) is 26.3 Å². The number of halogens is 1. The normalized spacial score (nSPS) is 33.1. The number of ether oxygens (including phenoxy) is 1. The van der Waals surface area contributed by atoms with Gasteiger partial charge in [0.2, 0.25) is 5.91 Å². The third-order valence-corrected chi connectivity index (χ3v) is 3.67. The molecule has 2 aliphatic rings. The van der Waals surface area contributed by atoms with Crippen molar-refractivity contribution in [3.63, 3.8) is 0 Å². The average Bonchev–Trinajstić information content (AvgIpc) is 2.74. The molecule has 0 aromatic rings. The molecule has 0 aliphatic carbocycles. The molecule has 2 heterocycles.